The van der Waals surface area contributed by atoms with Gasteiger partial charge in [0.15, 0.2) is 6.10 Å². The summed E-state index contributed by atoms with van der Waals surface area (Å²) < 4.78 is 11.1. The molecule has 1 amide bonds. The first kappa shape index (κ1) is 18.0. The van der Waals surface area contributed by atoms with Gasteiger partial charge < -0.3 is 14.5 Å². The summed E-state index contributed by atoms with van der Waals surface area (Å²) in [5.41, 5.74) is 1.17. The second kappa shape index (κ2) is 6.82. The molecule has 1 saturated heterocycles. The highest BCUT2D eigenvalue weighted by atomic mass is 16.6. The lowest BCUT2D eigenvalue weighted by molar-refractivity contribution is -0.155. The van der Waals surface area contributed by atoms with E-state index in [1.807, 2.05) is 51.2 Å². The van der Waals surface area contributed by atoms with Crippen LogP contribution in [-0.4, -0.2) is 41.6 Å². The minimum atomic E-state index is -0.847. The summed E-state index contributed by atoms with van der Waals surface area (Å²) in [4.78, 5) is 31.9. The monoisotopic (exact) mass is 357 g/mol. The number of aromatic amines is 1. The van der Waals surface area contributed by atoms with E-state index >= 15 is 0 Å². The molecule has 1 aromatic heterocycles. The Morgan fingerprint density at radius 3 is 2.73 bits per heavy atom. The topological polar surface area (TPSA) is 92.8 Å². The molecule has 2 heterocycles. The number of hydrogen-bond acceptors (Lipinski definition) is 5. The van der Waals surface area contributed by atoms with Crippen molar-refractivity contribution in [3.63, 3.8) is 0 Å². The Labute approximate surface area is 151 Å². The zero-order valence-electron chi connectivity index (χ0n) is 15.3. The van der Waals surface area contributed by atoms with Gasteiger partial charge >= 0.3 is 5.97 Å². The summed E-state index contributed by atoms with van der Waals surface area (Å²) in [5.74, 6) is -1.20. The van der Waals surface area contributed by atoms with Crippen LogP contribution in [0.5, 0.6) is 0 Å². The van der Waals surface area contributed by atoms with E-state index in [0.29, 0.717) is 0 Å². The first-order chi connectivity index (χ1) is 12.3. The number of benzene rings is 1. The molecule has 3 rings (SSSR count). The van der Waals surface area contributed by atoms with Crippen LogP contribution in [0.25, 0.3) is 10.9 Å². The van der Waals surface area contributed by atoms with Crippen LogP contribution in [0.4, 0.5) is 0 Å². The molecule has 1 fully saturated rings. The number of fused-ring (bicyclic) bond motifs is 1. The minimum absolute atomic E-state index is 0.0220. The number of H-pyrrole nitrogens is 1. The SMILES string of the molecule is CN=C1NC(=O)[C@H]([C@@H](CC(=O)OC(C)(C)C)c2c[nH]c3ccccc23)O1. The van der Waals surface area contributed by atoms with Crippen LogP contribution in [-0.2, 0) is 19.1 Å². The molecule has 0 unspecified atom stereocenters. The van der Waals surface area contributed by atoms with Crippen molar-refractivity contribution in [3.8, 4) is 0 Å². The Morgan fingerprint density at radius 1 is 1.35 bits per heavy atom. The van der Waals surface area contributed by atoms with Crippen LogP contribution >= 0.6 is 0 Å². The largest absolute Gasteiger partial charge is 0.460 e. The fourth-order valence-electron chi connectivity index (χ4n) is 3.10. The Bertz CT molecular complexity index is 863. The molecule has 2 atom stereocenters. The highest BCUT2D eigenvalue weighted by Gasteiger charge is 2.41. The number of aromatic nitrogens is 1. The molecule has 1 aliphatic rings. The number of carbonyl (C=O) groups excluding carboxylic acids is 2. The number of hydrogen-bond donors (Lipinski definition) is 2. The Kier molecular flexibility index (Phi) is 4.71. The number of esters is 1. The van der Waals surface area contributed by atoms with Crippen molar-refractivity contribution in [1.82, 2.24) is 10.3 Å². The molecule has 0 spiro atoms. The lowest BCUT2D eigenvalue weighted by Gasteiger charge is -2.24. The lowest BCUT2D eigenvalue weighted by atomic mass is 9.89. The van der Waals surface area contributed by atoms with E-state index in [0.717, 1.165) is 16.5 Å². The average molecular weight is 357 g/mol. The zero-order chi connectivity index (χ0) is 18.9. The van der Waals surface area contributed by atoms with E-state index in [9.17, 15) is 9.59 Å². The zero-order valence-corrected chi connectivity index (χ0v) is 15.3. The third-order valence-corrected chi connectivity index (χ3v) is 4.12. The number of carbonyl (C=O) groups is 2. The molecule has 1 aliphatic heterocycles. The smallest absolute Gasteiger partial charge is 0.307 e. The van der Waals surface area contributed by atoms with Gasteiger partial charge in [-0.25, -0.2) is 4.99 Å². The molecule has 26 heavy (non-hydrogen) atoms. The quantitative estimate of drug-likeness (QED) is 0.822. The van der Waals surface area contributed by atoms with Crippen LogP contribution in [0.1, 0.15) is 38.7 Å². The van der Waals surface area contributed by atoms with Gasteiger partial charge in [0, 0.05) is 30.1 Å². The predicted octanol–water partition coefficient (Wildman–Crippen LogP) is 2.48. The number of nitrogens with zero attached hydrogens (tertiary/aromatic N) is 1. The lowest BCUT2D eigenvalue weighted by Crippen LogP contribution is -2.33. The summed E-state index contributed by atoms with van der Waals surface area (Å²) in [5, 5.41) is 3.54. The fraction of sp³-hybridized carbons (Fsp3) is 0.421. The normalized spacial score (nSPS) is 20.1. The number of aliphatic imine (C=N–C) groups is 1. The van der Waals surface area contributed by atoms with Gasteiger partial charge in [-0.15, -0.1) is 0 Å². The van der Waals surface area contributed by atoms with Crippen molar-refractivity contribution in [2.75, 3.05) is 7.05 Å². The maximum Gasteiger partial charge on any atom is 0.307 e. The number of nitrogens with one attached hydrogen (secondary N) is 2. The van der Waals surface area contributed by atoms with Crippen LogP contribution in [0.2, 0.25) is 0 Å². The third-order valence-electron chi connectivity index (χ3n) is 4.12. The van der Waals surface area contributed by atoms with Crippen molar-refractivity contribution in [2.45, 2.75) is 44.8 Å². The molecule has 2 aromatic rings. The molecule has 138 valence electrons. The summed E-state index contributed by atoms with van der Waals surface area (Å²) in [6, 6.07) is 7.89. The van der Waals surface area contributed by atoms with E-state index in [2.05, 4.69) is 15.3 Å². The van der Waals surface area contributed by atoms with E-state index in [1.165, 1.54) is 7.05 Å². The maximum absolute atomic E-state index is 12.5. The molecular weight excluding hydrogens is 334 g/mol. The second-order valence-electron chi connectivity index (χ2n) is 7.24. The van der Waals surface area contributed by atoms with Gasteiger partial charge in [0.25, 0.3) is 11.9 Å². The Morgan fingerprint density at radius 2 is 2.08 bits per heavy atom. The van der Waals surface area contributed by atoms with Gasteiger partial charge in [-0.1, -0.05) is 18.2 Å². The minimum Gasteiger partial charge on any atom is -0.460 e. The van der Waals surface area contributed by atoms with Crippen LogP contribution in [0.3, 0.4) is 0 Å². The summed E-state index contributed by atoms with van der Waals surface area (Å²) in [6.07, 6.45) is 0.992. The second-order valence-corrected chi connectivity index (χ2v) is 7.24. The molecule has 0 saturated carbocycles. The van der Waals surface area contributed by atoms with E-state index < -0.39 is 17.6 Å². The third kappa shape index (κ3) is 3.71. The molecule has 0 aliphatic carbocycles. The maximum atomic E-state index is 12.5. The first-order valence-electron chi connectivity index (χ1n) is 8.50. The molecule has 0 bridgehead atoms. The summed E-state index contributed by atoms with van der Waals surface area (Å²) >= 11 is 0. The van der Waals surface area contributed by atoms with E-state index in [4.69, 9.17) is 9.47 Å². The van der Waals surface area contributed by atoms with Crippen molar-refractivity contribution < 1.29 is 19.1 Å². The molecule has 7 heteroatoms. The van der Waals surface area contributed by atoms with Crippen molar-refractivity contribution in [1.29, 1.82) is 0 Å². The first-order valence-corrected chi connectivity index (χ1v) is 8.50. The van der Waals surface area contributed by atoms with Crippen molar-refractivity contribution >= 4 is 28.8 Å². The van der Waals surface area contributed by atoms with Crippen molar-refractivity contribution in [2.24, 2.45) is 4.99 Å². The number of ether oxygens (including phenoxy) is 2. The molecule has 1 aromatic carbocycles. The summed E-state index contributed by atoms with van der Waals surface area (Å²) in [7, 11) is 1.53. The molecule has 0 radical (unpaired) electrons. The standard InChI is InChI=1S/C19H23N3O4/c1-19(2,3)26-15(23)9-12(16-17(24)22-18(20-4)25-16)13-10-21-14-8-6-5-7-11(13)14/h5-8,10,12,16,21H,9H2,1-4H3,(H,20,22,24)/t12-,16-/m0/s1. The van der Waals surface area contributed by atoms with Gasteiger partial charge in [-0.05, 0) is 32.4 Å². The number of amides is 1. The highest BCUT2D eigenvalue weighted by molar-refractivity contribution is 6.03. The highest BCUT2D eigenvalue weighted by Crippen LogP contribution is 2.34. The van der Waals surface area contributed by atoms with Gasteiger partial charge in [0.05, 0.1) is 6.42 Å². The number of para-hydroxylation sites is 1. The average Bonchev–Trinajstić information content (AvgIpc) is 3.14. The van der Waals surface area contributed by atoms with Crippen LogP contribution < -0.4 is 5.32 Å². The predicted molar refractivity (Wildman–Crippen MR) is 97.9 cm³/mol. The van der Waals surface area contributed by atoms with Gasteiger partial charge in [0.1, 0.15) is 5.60 Å². The van der Waals surface area contributed by atoms with Gasteiger partial charge in [0.2, 0.25) is 0 Å². The number of amidine groups is 1. The van der Waals surface area contributed by atoms with Crippen molar-refractivity contribution in [3.05, 3.63) is 36.0 Å². The number of rotatable bonds is 4. The fourth-order valence-corrected chi connectivity index (χ4v) is 3.10. The van der Waals surface area contributed by atoms with E-state index in [-0.39, 0.29) is 24.3 Å². The molecule has 2 N–H and O–H groups in total. The summed E-state index contributed by atoms with van der Waals surface area (Å²) in [6.45, 7) is 5.44. The Hall–Kier alpha value is -2.83. The van der Waals surface area contributed by atoms with E-state index in [1.54, 1.807) is 0 Å². The molecular formula is C19H23N3O4. The van der Waals surface area contributed by atoms with Crippen LogP contribution in [0.15, 0.2) is 35.5 Å². The van der Waals surface area contributed by atoms with Gasteiger partial charge in [-0.2, -0.15) is 0 Å². The van der Waals surface area contributed by atoms with Crippen LogP contribution in [0, 0.1) is 0 Å². The van der Waals surface area contributed by atoms with Gasteiger partial charge in [-0.3, -0.25) is 14.9 Å². The molecule has 7 nitrogen and oxygen atoms in total. The Balaban J connectivity index is 1.97.